The Kier molecular flexibility index (Phi) is 6.04. The van der Waals surface area contributed by atoms with Crippen LogP contribution >= 0.6 is 15.9 Å². The molecule has 0 radical (unpaired) electrons. The van der Waals surface area contributed by atoms with Crippen molar-refractivity contribution in [2.75, 3.05) is 19.9 Å². The summed E-state index contributed by atoms with van der Waals surface area (Å²) in [6.07, 6.45) is 1.30. The van der Waals surface area contributed by atoms with Crippen molar-refractivity contribution in [3.05, 3.63) is 52.5 Å². The zero-order valence-electron chi connectivity index (χ0n) is 16.5. The normalized spacial score (nSPS) is 20.0. The second kappa shape index (κ2) is 8.56. The molecule has 4 rings (SSSR count). The van der Waals surface area contributed by atoms with Gasteiger partial charge in [-0.1, -0.05) is 22.0 Å². The highest BCUT2D eigenvalue weighted by atomic mass is 79.9. The van der Waals surface area contributed by atoms with E-state index in [1.165, 1.54) is 4.31 Å². The van der Waals surface area contributed by atoms with Crippen LogP contribution in [0.1, 0.15) is 31.4 Å². The molecule has 0 saturated carbocycles. The fourth-order valence-corrected chi connectivity index (χ4v) is 5.52. The molecule has 1 saturated heterocycles. The summed E-state index contributed by atoms with van der Waals surface area (Å²) in [5.74, 6) is 0.827. The molecule has 0 aliphatic carbocycles. The van der Waals surface area contributed by atoms with Crippen LogP contribution in [0.15, 0.2) is 51.8 Å². The highest BCUT2D eigenvalue weighted by Gasteiger charge is 2.33. The van der Waals surface area contributed by atoms with Gasteiger partial charge in [0.15, 0.2) is 11.5 Å². The van der Waals surface area contributed by atoms with Gasteiger partial charge in [0.05, 0.1) is 16.9 Å². The van der Waals surface area contributed by atoms with Gasteiger partial charge in [0.25, 0.3) is 0 Å². The zero-order valence-corrected chi connectivity index (χ0v) is 18.9. The van der Waals surface area contributed by atoms with Gasteiger partial charge in [0.1, 0.15) is 0 Å². The molecule has 0 spiro atoms. The smallest absolute Gasteiger partial charge is 0.243 e. The average Bonchev–Trinajstić information content (AvgIpc) is 3.22. The standard InChI is InChI=1S/C21H23BrN2O5S/c1-14(15-4-9-19-20(11-15)29-13-28-19)23-21(25)16-3-2-10-24(12-16)30(26,27)18-7-5-17(22)6-8-18/h4-9,11,14,16H,2-3,10,12-13H2,1H3,(H,23,25). The number of fused-ring (bicyclic) bond motifs is 1. The van der Waals surface area contributed by atoms with Crippen molar-refractivity contribution in [1.82, 2.24) is 9.62 Å². The van der Waals surface area contributed by atoms with Crippen molar-refractivity contribution in [3.63, 3.8) is 0 Å². The van der Waals surface area contributed by atoms with Crippen molar-refractivity contribution in [1.29, 1.82) is 0 Å². The van der Waals surface area contributed by atoms with Gasteiger partial charge in [0, 0.05) is 17.6 Å². The highest BCUT2D eigenvalue weighted by molar-refractivity contribution is 9.10. The van der Waals surface area contributed by atoms with Gasteiger partial charge < -0.3 is 14.8 Å². The predicted molar refractivity (Wildman–Crippen MR) is 115 cm³/mol. The molecule has 2 unspecified atom stereocenters. The molecular formula is C21H23BrN2O5S. The Morgan fingerprint density at radius 2 is 1.90 bits per heavy atom. The molecule has 2 heterocycles. The van der Waals surface area contributed by atoms with Gasteiger partial charge in [-0.05, 0) is 61.7 Å². The second-order valence-corrected chi connectivity index (χ2v) is 10.4. The zero-order chi connectivity index (χ0) is 21.3. The van der Waals surface area contributed by atoms with E-state index in [0.717, 1.165) is 10.0 Å². The van der Waals surface area contributed by atoms with E-state index in [0.29, 0.717) is 30.9 Å². The summed E-state index contributed by atoms with van der Waals surface area (Å²) in [4.78, 5) is 13.1. The summed E-state index contributed by atoms with van der Waals surface area (Å²) in [6, 6.07) is 11.9. The summed E-state index contributed by atoms with van der Waals surface area (Å²) < 4.78 is 38.9. The molecule has 30 heavy (non-hydrogen) atoms. The number of carbonyl (C=O) groups is 1. The lowest BCUT2D eigenvalue weighted by Gasteiger charge is -2.32. The maximum absolute atomic E-state index is 13.0. The van der Waals surface area contributed by atoms with E-state index < -0.39 is 10.0 Å². The Bertz CT molecular complexity index is 1040. The van der Waals surface area contributed by atoms with Crippen LogP contribution in [0.4, 0.5) is 0 Å². The minimum absolute atomic E-state index is 0.143. The Hall–Kier alpha value is -2.10. The van der Waals surface area contributed by atoms with Crippen molar-refractivity contribution in [3.8, 4) is 11.5 Å². The van der Waals surface area contributed by atoms with E-state index in [1.54, 1.807) is 24.3 Å². The Labute approximate surface area is 184 Å². The number of ether oxygens (including phenoxy) is 2. The van der Waals surface area contributed by atoms with Crippen molar-refractivity contribution in [2.45, 2.75) is 30.7 Å². The lowest BCUT2D eigenvalue weighted by Crippen LogP contribution is -2.45. The van der Waals surface area contributed by atoms with E-state index in [-0.39, 0.29) is 36.1 Å². The maximum atomic E-state index is 13.0. The van der Waals surface area contributed by atoms with Gasteiger partial charge in [0.2, 0.25) is 22.7 Å². The average molecular weight is 495 g/mol. The molecule has 160 valence electrons. The topological polar surface area (TPSA) is 84.9 Å². The van der Waals surface area contributed by atoms with Crippen LogP contribution in [-0.2, 0) is 14.8 Å². The molecular weight excluding hydrogens is 472 g/mol. The summed E-state index contributed by atoms with van der Waals surface area (Å²) in [5, 5.41) is 3.01. The van der Waals surface area contributed by atoms with Crippen LogP contribution in [0.3, 0.4) is 0 Å². The van der Waals surface area contributed by atoms with Crippen molar-refractivity contribution in [2.24, 2.45) is 5.92 Å². The molecule has 1 fully saturated rings. The summed E-state index contributed by atoms with van der Waals surface area (Å²) in [7, 11) is -3.63. The molecule has 0 aromatic heterocycles. The van der Waals surface area contributed by atoms with E-state index in [2.05, 4.69) is 21.2 Å². The number of carbonyl (C=O) groups excluding carboxylic acids is 1. The number of rotatable bonds is 5. The van der Waals surface area contributed by atoms with Gasteiger partial charge in [-0.3, -0.25) is 4.79 Å². The molecule has 7 nitrogen and oxygen atoms in total. The molecule has 2 aliphatic heterocycles. The lowest BCUT2D eigenvalue weighted by molar-refractivity contribution is -0.126. The van der Waals surface area contributed by atoms with Gasteiger partial charge >= 0.3 is 0 Å². The molecule has 2 aliphatic rings. The first kappa shape index (κ1) is 21.1. The lowest BCUT2D eigenvalue weighted by atomic mass is 9.98. The third kappa shape index (κ3) is 4.33. The fourth-order valence-electron chi connectivity index (χ4n) is 3.73. The van der Waals surface area contributed by atoms with E-state index in [1.807, 2.05) is 25.1 Å². The number of nitrogens with zero attached hydrogens (tertiary/aromatic N) is 1. The first-order valence-electron chi connectivity index (χ1n) is 9.80. The molecule has 2 atom stereocenters. The number of amides is 1. The highest BCUT2D eigenvalue weighted by Crippen LogP contribution is 2.34. The van der Waals surface area contributed by atoms with E-state index in [9.17, 15) is 13.2 Å². The van der Waals surface area contributed by atoms with Gasteiger partial charge in [-0.25, -0.2) is 8.42 Å². The van der Waals surface area contributed by atoms with Crippen LogP contribution in [0.5, 0.6) is 11.5 Å². The molecule has 2 aromatic carbocycles. The number of hydrogen-bond acceptors (Lipinski definition) is 5. The first-order valence-corrected chi connectivity index (χ1v) is 12.0. The SMILES string of the molecule is CC(NC(=O)C1CCCN(S(=O)(=O)c2ccc(Br)cc2)C1)c1ccc2c(c1)OCO2. The Morgan fingerprint density at radius 3 is 2.67 bits per heavy atom. The minimum Gasteiger partial charge on any atom is -0.454 e. The number of sulfonamides is 1. The van der Waals surface area contributed by atoms with Crippen LogP contribution in [-0.4, -0.2) is 38.5 Å². The van der Waals surface area contributed by atoms with Gasteiger partial charge in [-0.2, -0.15) is 4.31 Å². The number of halogens is 1. The Balaban J connectivity index is 1.42. The molecule has 2 aromatic rings. The number of nitrogens with one attached hydrogen (secondary N) is 1. The molecule has 9 heteroatoms. The third-order valence-corrected chi connectivity index (χ3v) is 7.87. The Morgan fingerprint density at radius 1 is 1.17 bits per heavy atom. The van der Waals surface area contributed by atoms with E-state index >= 15 is 0 Å². The quantitative estimate of drug-likeness (QED) is 0.687. The molecule has 1 N–H and O–H groups in total. The van der Waals surface area contributed by atoms with Crippen molar-refractivity contribution < 1.29 is 22.7 Å². The minimum atomic E-state index is -3.63. The second-order valence-electron chi connectivity index (χ2n) is 7.50. The van der Waals surface area contributed by atoms with Crippen LogP contribution in [0.25, 0.3) is 0 Å². The number of piperidine rings is 1. The maximum Gasteiger partial charge on any atom is 0.243 e. The largest absolute Gasteiger partial charge is 0.454 e. The molecule has 1 amide bonds. The predicted octanol–water partition coefficient (Wildman–Crippen LogP) is 3.46. The van der Waals surface area contributed by atoms with Crippen LogP contribution in [0, 0.1) is 5.92 Å². The molecule has 0 bridgehead atoms. The number of hydrogen-bond donors (Lipinski definition) is 1. The van der Waals surface area contributed by atoms with E-state index in [4.69, 9.17) is 9.47 Å². The van der Waals surface area contributed by atoms with Crippen LogP contribution < -0.4 is 14.8 Å². The summed E-state index contributed by atoms with van der Waals surface area (Å²) in [6.45, 7) is 2.69. The van der Waals surface area contributed by atoms with Gasteiger partial charge in [-0.15, -0.1) is 0 Å². The van der Waals surface area contributed by atoms with Crippen LogP contribution in [0.2, 0.25) is 0 Å². The summed E-state index contributed by atoms with van der Waals surface area (Å²) >= 11 is 3.32. The van der Waals surface area contributed by atoms with Crippen molar-refractivity contribution >= 4 is 31.9 Å². The number of benzene rings is 2. The first-order chi connectivity index (χ1) is 14.3. The monoisotopic (exact) mass is 494 g/mol. The summed E-state index contributed by atoms with van der Waals surface area (Å²) in [5.41, 5.74) is 0.905. The fraction of sp³-hybridized carbons (Fsp3) is 0.381. The third-order valence-electron chi connectivity index (χ3n) is 5.46.